The number of methoxy groups -OCH3 is 1. The standard InChI is InChI=1S/C16H18F5N5O2/c1-8(7-28-2)24-15(25-13(23)6-12(22)16(19,20)21)26-14(27)9-3-4-10(17)11(18)5-9/h3-6,8H,7,22H2,1-2H3,(H3,23,24,25,26,27). The number of amides is 1. The van der Waals surface area contributed by atoms with Gasteiger partial charge in [-0.25, -0.2) is 13.8 Å². The van der Waals surface area contributed by atoms with Gasteiger partial charge in [-0.2, -0.15) is 18.2 Å². The summed E-state index contributed by atoms with van der Waals surface area (Å²) >= 11 is 0. The number of guanidine groups is 1. The van der Waals surface area contributed by atoms with E-state index in [0.29, 0.717) is 12.1 Å². The summed E-state index contributed by atoms with van der Waals surface area (Å²) in [6.45, 7) is 1.67. The van der Waals surface area contributed by atoms with Gasteiger partial charge in [0.2, 0.25) is 5.96 Å². The van der Waals surface area contributed by atoms with Crippen molar-refractivity contribution in [3.05, 3.63) is 47.2 Å². The highest BCUT2D eigenvalue weighted by molar-refractivity contribution is 6.10. The van der Waals surface area contributed by atoms with Gasteiger partial charge >= 0.3 is 6.18 Å². The lowest BCUT2D eigenvalue weighted by atomic mass is 10.2. The molecule has 0 aliphatic heterocycles. The van der Waals surface area contributed by atoms with E-state index in [9.17, 15) is 26.7 Å². The van der Waals surface area contributed by atoms with Crippen molar-refractivity contribution in [2.75, 3.05) is 13.7 Å². The second kappa shape index (κ2) is 9.78. The highest BCUT2D eigenvalue weighted by atomic mass is 19.4. The second-order valence-corrected chi connectivity index (χ2v) is 5.47. The van der Waals surface area contributed by atoms with Crippen LogP contribution in [0.1, 0.15) is 17.3 Å². The molecule has 7 nitrogen and oxygen atoms in total. The molecule has 154 valence electrons. The van der Waals surface area contributed by atoms with Crippen molar-refractivity contribution >= 4 is 17.7 Å². The summed E-state index contributed by atoms with van der Waals surface area (Å²) < 4.78 is 68.5. The van der Waals surface area contributed by atoms with Gasteiger partial charge in [-0.3, -0.25) is 10.1 Å². The molecule has 1 atom stereocenters. The number of allylic oxidation sites excluding steroid dienone is 1. The first kappa shape index (κ1) is 23.0. The summed E-state index contributed by atoms with van der Waals surface area (Å²) in [4.78, 5) is 19.7. The van der Waals surface area contributed by atoms with Crippen LogP contribution in [0.4, 0.5) is 22.0 Å². The third-order valence-corrected chi connectivity index (χ3v) is 3.02. The van der Waals surface area contributed by atoms with Crippen molar-refractivity contribution in [1.82, 2.24) is 5.32 Å². The van der Waals surface area contributed by atoms with E-state index in [-0.39, 0.29) is 12.2 Å². The Bertz CT molecular complexity index is 805. The third-order valence-electron chi connectivity index (χ3n) is 3.02. The van der Waals surface area contributed by atoms with Gasteiger partial charge in [-0.15, -0.1) is 0 Å². The van der Waals surface area contributed by atoms with Crippen LogP contribution < -0.4 is 16.8 Å². The van der Waals surface area contributed by atoms with E-state index in [1.165, 1.54) is 7.11 Å². The first-order valence-electron chi connectivity index (χ1n) is 7.65. The fourth-order valence-corrected chi connectivity index (χ4v) is 1.78. The normalized spacial score (nSPS) is 14.8. The van der Waals surface area contributed by atoms with Crippen LogP contribution >= 0.6 is 0 Å². The minimum Gasteiger partial charge on any atom is -0.395 e. The predicted octanol–water partition coefficient (Wildman–Crippen LogP) is 1.85. The lowest BCUT2D eigenvalue weighted by Crippen LogP contribution is -2.33. The number of hydrogen-bond donors (Lipinski definition) is 3. The maximum Gasteiger partial charge on any atom is 0.430 e. The third kappa shape index (κ3) is 7.31. The largest absolute Gasteiger partial charge is 0.430 e. The van der Waals surface area contributed by atoms with Crippen LogP contribution in [0.15, 0.2) is 40.0 Å². The first-order valence-corrected chi connectivity index (χ1v) is 7.65. The number of aliphatic imine (C=N–C) groups is 2. The predicted molar refractivity (Wildman–Crippen MR) is 92.5 cm³/mol. The highest BCUT2D eigenvalue weighted by Gasteiger charge is 2.31. The topological polar surface area (TPSA) is 115 Å². The number of carbonyl (C=O) groups is 1. The molecule has 1 rings (SSSR count). The molecule has 0 aliphatic rings. The van der Waals surface area contributed by atoms with Crippen LogP contribution in [0.25, 0.3) is 0 Å². The number of nitrogens with zero attached hydrogens (tertiary/aromatic N) is 2. The van der Waals surface area contributed by atoms with Gasteiger partial charge in [0.15, 0.2) is 11.6 Å². The maximum absolute atomic E-state index is 13.3. The van der Waals surface area contributed by atoms with Crippen molar-refractivity contribution in [3.63, 3.8) is 0 Å². The Balaban J connectivity index is 3.17. The molecule has 0 aromatic heterocycles. The number of carbonyl (C=O) groups excluding carboxylic acids is 1. The number of benzene rings is 1. The average Bonchev–Trinajstić information content (AvgIpc) is 2.56. The molecule has 1 aromatic rings. The molecular weight excluding hydrogens is 389 g/mol. The average molecular weight is 407 g/mol. The zero-order valence-electron chi connectivity index (χ0n) is 14.8. The van der Waals surface area contributed by atoms with Crippen LogP contribution in [0.5, 0.6) is 0 Å². The van der Waals surface area contributed by atoms with E-state index in [4.69, 9.17) is 16.2 Å². The first-order chi connectivity index (χ1) is 12.9. The van der Waals surface area contributed by atoms with Crippen molar-refractivity contribution in [2.24, 2.45) is 21.5 Å². The molecule has 1 aromatic carbocycles. The zero-order valence-corrected chi connectivity index (χ0v) is 14.8. The summed E-state index contributed by atoms with van der Waals surface area (Å²) in [6.07, 6.45) is -4.48. The fourth-order valence-electron chi connectivity index (χ4n) is 1.78. The molecule has 0 radical (unpaired) electrons. The van der Waals surface area contributed by atoms with Crippen LogP contribution in [-0.2, 0) is 4.74 Å². The van der Waals surface area contributed by atoms with Gasteiger partial charge in [-0.1, -0.05) is 0 Å². The van der Waals surface area contributed by atoms with Crippen molar-refractivity contribution in [3.8, 4) is 0 Å². The molecule has 0 bridgehead atoms. The SMILES string of the molecule is COCC(C)N=C(N=C(N)C=C(N)C(F)(F)F)NC(=O)c1ccc(F)c(F)c1. The Labute approximate surface area is 157 Å². The molecule has 12 heteroatoms. The highest BCUT2D eigenvalue weighted by Crippen LogP contribution is 2.20. The van der Waals surface area contributed by atoms with Gasteiger partial charge in [0.25, 0.3) is 5.91 Å². The number of amidine groups is 1. The summed E-state index contributed by atoms with van der Waals surface area (Å²) in [5.41, 5.74) is 8.47. The van der Waals surface area contributed by atoms with Gasteiger partial charge in [0, 0.05) is 18.7 Å². The molecule has 5 N–H and O–H groups in total. The minimum atomic E-state index is -4.82. The Morgan fingerprint density at radius 1 is 1.29 bits per heavy atom. The van der Waals surface area contributed by atoms with E-state index in [1.807, 2.05) is 0 Å². The minimum absolute atomic E-state index is 0.0977. The number of rotatable bonds is 5. The smallest absolute Gasteiger partial charge is 0.395 e. The van der Waals surface area contributed by atoms with Crippen LogP contribution in [0, 0.1) is 11.6 Å². The van der Waals surface area contributed by atoms with Crippen LogP contribution in [0.3, 0.4) is 0 Å². The van der Waals surface area contributed by atoms with E-state index in [1.54, 1.807) is 6.92 Å². The fraction of sp³-hybridized carbons (Fsp3) is 0.312. The number of nitrogens with one attached hydrogen (secondary N) is 1. The van der Waals surface area contributed by atoms with Crippen LogP contribution in [-0.4, -0.2) is 43.6 Å². The van der Waals surface area contributed by atoms with E-state index in [0.717, 1.165) is 12.1 Å². The molecule has 1 unspecified atom stereocenters. The number of nitrogens with two attached hydrogens (primary N) is 2. The van der Waals surface area contributed by atoms with E-state index in [2.05, 4.69) is 15.3 Å². The summed E-state index contributed by atoms with van der Waals surface area (Å²) in [5, 5.41) is 2.16. The Kier molecular flexibility index (Phi) is 8.04. The number of hydrogen-bond acceptors (Lipinski definition) is 4. The summed E-state index contributed by atoms with van der Waals surface area (Å²) in [5.74, 6) is -4.52. The molecule has 28 heavy (non-hydrogen) atoms. The molecular formula is C16H18F5N5O2. The maximum atomic E-state index is 13.3. The lowest BCUT2D eigenvalue weighted by molar-refractivity contribution is -0.0925. The van der Waals surface area contributed by atoms with Crippen molar-refractivity contribution in [1.29, 1.82) is 0 Å². The lowest BCUT2D eigenvalue weighted by Gasteiger charge is -2.10. The second-order valence-electron chi connectivity index (χ2n) is 5.47. The molecule has 0 spiro atoms. The molecule has 0 fully saturated rings. The van der Waals surface area contributed by atoms with Gasteiger partial charge in [0.1, 0.15) is 11.5 Å². The quantitative estimate of drug-likeness (QED) is 0.393. The number of ether oxygens (including phenoxy) is 1. The molecule has 1 amide bonds. The Morgan fingerprint density at radius 3 is 2.46 bits per heavy atom. The van der Waals surface area contributed by atoms with Gasteiger partial charge in [-0.05, 0) is 25.1 Å². The molecule has 0 saturated carbocycles. The van der Waals surface area contributed by atoms with Gasteiger partial charge in [0.05, 0.1) is 12.6 Å². The molecule has 0 heterocycles. The Hall–Kier alpha value is -3.02. The van der Waals surface area contributed by atoms with Gasteiger partial charge < -0.3 is 16.2 Å². The number of alkyl halides is 3. The summed E-state index contributed by atoms with van der Waals surface area (Å²) in [6, 6.07) is 1.80. The van der Waals surface area contributed by atoms with E-state index < -0.39 is 47.3 Å². The molecule has 0 saturated heterocycles. The van der Waals surface area contributed by atoms with E-state index >= 15 is 0 Å². The Morgan fingerprint density at radius 2 is 1.93 bits per heavy atom. The zero-order chi connectivity index (χ0) is 21.5. The molecule has 0 aliphatic carbocycles. The summed E-state index contributed by atoms with van der Waals surface area (Å²) in [7, 11) is 1.38. The van der Waals surface area contributed by atoms with Crippen molar-refractivity contribution < 1.29 is 31.5 Å². The monoisotopic (exact) mass is 407 g/mol. The van der Waals surface area contributed by atoms with Crippen molar-refractivity contribution in [2.45, 2.75) is 19.1 Å². The number of halogens is 5. The van der Waals surface area contributed by atoms with Crippen LogP contribution in [0.2, 0.25) is 0 Å².